The lowest BCUT2D eigenvalue weighted by Crippen LogP contribution is -2.40. The Labute approximate surface area is 219 Å². The first-order valence-electron chi connectivity index (χ1n) is 15.8. The van der Waals surface area contributed by atoms with E-state index in [1.54, 1.807) is 5.56 Å². The van der Waals surface area contributed by atoms with Crippen LogP contribution in [0, 0.1) is 35.5 Å². The molecule has 9 unspecified atom stereocenters. The van der Waals surface area contributed by atoms with Gasteiger partial charge >= 0.3 is 5.97 Å². The zero-order chi connectivity index (χ0) is 24.9. The highest BCUT2D eigenvalue weighted by Gasteiger charge is 2.57. The van der Waals surface area contributed by atoms with Crippen LogP contribution in [0.3, 0.4) is 0 Å². The number of carboxylic acids is 1. The molecule has 6 saturated carbocycles. The summed E-state index contributed by atoms with van der Waals surface area (Å²) in [6, 6.07) is 5.08. The molecule has 0 aliphatic heterocycles. The Balaban J connectivity index is 1.50. The lowest BCUT2D eigenvalue weighted by Gasteiger charge is -2.45. The number of benzene rings is 1. The molecule has 6 fully saturated rings. The zero-order valence-corrected chi connectivity index (χ0v) is 23.1. The molecule has 2 nitrogen and oxygen atoms in total. The van der Waals surface area contributed by atoms with Crippen LogP contribution in [0.4, 0.5) is 0 Å². The molecule has 0 radical (unpaired) electrons. The van der Waals surface area contributed by atoms with E-state index in [0.717, 1.165) is 42.1 Å². The van der Waals surface area contributed by atoms with Crippen LogP contribution in [0.2, 0.25) is 0 Å². The van der Waals surface area contributed by atoms with Crippen LogP contribution >= 0.6 is 0 Å². The van der Waals surface area contributed by atoms with Gasteiger partial charge in [-0.05, 0) is 145 Å². The van der Waals surface area contributed by atoms with Crippen molar-refractivity contribution >= 4 is 5.97 Å². The number of aromatic carboxylic acids is 1. The maximum atomic E-state index is 13.4. The van der Waals surface area contributed by atoms with Crippen molar-refractivity contribution in [1.82, 2.24) is 0 Å². The Morgan fingerprint density at radius 2 is 1.08 bits per heavy atom. The molecule has 1 aromatic carbocycles. The molecule has 0 saturated heterocycles. The van der Waals surface area contributed by atoms with Crippen molar-refractivity contribution in [2.24, 2.45) is 35.5 Å². The zero-order valence-electron chi connectivity index (χ0n) is 23.1. The number of hydrogen-bond donors (Lipinski definition) is 1. The van der Waals surface area contributed by atoms with E-state index in [1.165, 1.54) is 94.6 Å². The van der Waals surface area contributed by atoms with Crippen LogP contribution in [0.15, 0.2) is 12.1 Å². The second-order valence-corrected chi connectivity index (χ2v) is 14.5. The minimum Gasteiger partial charge on any atom is -0.478 e. The van der Waals surface area contributed by atoms with Crippen molar-refractivity contribution in [2.75, 3.05) is 0 Å². The first-order valence-corrected chi connectivity index (χ1v) is 15.8. The Bertz CT molecular complexity index is 1020. The van der Waals surface area contributed by atoms with Gasteiger partial charge in [0, 0.05) is 0 Å². The van der Waals surface area contributed by atoms with E-state index in [9.17, 15) is 9.90 Å². The monoisotopic (exact) mass is 488 g/mol. The van der Waals surface area contributed by atoms with Gasteiger partial charge in [-0.1, -0.05) is 52.2 Å². The van der Waals surface area contributed by atoms with Gasteiger partial charge in [0.1, 0.15) is 0 Å². The SMILES string of the molecule is CCC1(c2cc(C3(CC)CC4CCC3C4)c(C(=O)O)c(C3(CC)CC4CCC3C4)c2)CC2CCC1C2. The summed E-state index contributed by atoms with van der Waals surface area (Å²) in [6.45, 7) is 7.18. The number of carbonyl (C=O) groups is 1. The van der Waals surface area contributed by atoms with Gasteiger partial charge in [0.25, 0.3) is 0 Å². The molecule has 0 spiro atoms. The fourth-order valence-electron chi connectivity index (χ4n) is 12.2. The maximum Gasteiger partial charge on any atom is 0.336 e. The summed E-state index contributed by atoms with van der Waals surface area (Å²) in [5.74, 6) is 4.07. The Morgan fingerprint density at radius 1 is 0.694 bits per heavy atom. The summed E-state index contributed by atoms with van der Waals surface area (Å²) < 4.78 is 0. The molecule has 6 bridgehead atoms. The van der Waals surface area contributed by atoms with E-state index in [2.05, 4.69) is 32.9 Å². The van der Waals surface area contributed by atoms with Crippen LogP contribution in [-0.2, 0) is 16.2 Å². The Morgan fingerprint density at radius 3 is 1.36 bits per heavy atom. The predicted octanol–water partition coefficient (Wildman–Crippen LogP) is 8.79. The molecular weight excluding hydrogens is 440 g/mol. The van der Waals surface area contributed by atoms with Crippen molar-refractivity contribution < 1.29 is 9.90 Å². The number of fused-ring (bicyclic) bond motifs is 6. The van der Waals surface area contributed by atoms with E-state index in [-0.39, 0.29) is 16.2 Å². The topological polar surface area (TPSA) is 37.3 Å². The molecule has 1 N–H and O–H groups in total. The molecule has 0 amide bonds. The maximum absolute atomic E-state index is 13.4. The molecule has 0 heterocycles. The first kappa shape index (κ1) is 23.8. The van der Waals surface area contributed by atoms with Crippen LogP contribution in [0.1, 0.15) is 144 Å². The molecule has 0 aromatic heterocycles. The highest BCUT2D eigenvalue weighted by atomic mass is 16.4. The van der Waals surface area contributed by atoms with Crippen molar-refractivity contribution in [1.29, 1.82) is 0 Å². The molecular formula is C34H48O2. The third-order valence-electron chi connectivity index (χ3n) is 13.8. The highest BCUT2D eigenvalue weighted by Crippen LogP contribution is 2.65. The van der Waals surface area contributed by atoms with Gasteiger partial charge in [-0.15, -0.1) is 0 Å². The van der Waals surface area contributed by atoms with Gasteiger partial charge in [0.2, 0.25) is 0 Å². The summed E-state index contributed by atoms with van der Waals surface area (Å²) in [5.41, 5.74) is 5.38. The molecule has 6 aliphatic carbocycles. The number of hydrogen-bond acceptors (Lipinski definition) is 1. The van der Waals surface area contributed by atoms with Crippen molar-refractivity contribution in [3.05, 3.63) is 34.4 Å². The Hall–Kier alpha value is -1.31. The lowest BCUT2D eigenvalue weighted by molar-refractivity contribution is 0.0685. The van der Waals surface area contributed by atoms with Crippen molar-refractivity contribution in [3.8, 4) is 0 Å². The fraction of sp³-hybridized carbons (Fsp3) is 0.794. The van der Waals surface area contributed by atoms with Gasteiger partial charge in [0.15, 0.2) is 0 Å². The summed E-state index contributed by atoms with van der Waals surface area (Å²) in [5, 5.41) is 11.0. The van der Waals surface area contributed by atoms with Gasteiger partial charge in [-0.25, -0.2) is 4.79 Å². The summed E-state index contributed by atoms with van der Waals surface area (Å²) in [4.78, 5) is 13.4. The lowest BCUT2D eigenvalue weighted by atomic mass is 9.58. The quantitative estimate of drug-likeness (QED) is 0.416. The second-order valence-electron chi connectivity index (χ2n) is 14.5. The first-order chi connectivity index (χ1) is 17.4. The Kier molecular flexibility index (Phi) is 5.35. The standard InChI is InChI=1S/C34H48O2/c1-4-32(18-21-7-10-24(32)13-21)27-16-28(33(5-2)19-22-8-11-25(33)14-22)30(31(35)36)29(17-27)34(6-3)20-23-9-12-26(34)15-23/h16-17,21-26H,4-15,18-20H2,1-3H3,(H,35,36). The minimum absolute atomic E-state index is 0.0838. The van der Waals surface area contributed by atoms with Gasteiger partial charge in [-0.2, -0.15) is 0 Å². The van der Waals surface area contributed by atoms with E-state index in [1.807, 2.05) is 0 Å². The van der Waals surface area contributed by atoms with Crippen LogP contribution in [0.25, 0.3) is 0 Å². The fourth-order valence-corrected chi connectivity index (χ4v) is 12.2. The average molecular weight is 489 g/mol. The molecule has 36 heavy (non-hydrogen) atoms. The average Bonchev–Trinajstić information content (AvgIpc) is 3.74. The van der Waals surface area contributed by atoms with Crippen molar-refractivity contribution in [2.45, 2.75) is 133 Å². The smallest absolute Gasteiger partial charge is 0.336 e. The third kappa shape index (κ3) is 2.94. The summed E-state index contributed by atoms with van der Waals surface area (Å²) in [6.07, 6.45) is 19.5. The molecule has 9 atom stereocenters. The second kappa shape index (κ2) is 8.09. The third-order valence-corrected chi connectivity index (χ3v) is 13.8. The normalized spacial score (nSPS) is 46.3. The van der Waals surface area contributed by atoms with Crippen LogP contribution in [0.5, 0.6) is 0 Å². The van der Waals surface area contributed by atoms with E-state index < -0.39 is 5.97 Å². The van der Waals surface area contributed by atoms with Crippen LogP contribution < -0.4 is 0 Å². The number of carboxylic acid groups (broad SMARTS) is 1. The molecule has 1 aromatic rings. The molecule has 2 heteroatoms. The molecule has 196 valence electrons. The van der Waals surface area contributed by atoms with Gasteiger partial charge in [0.05, 0.1) is 5.56 Å². The predicted molar refractivity (Wildman–Crippen MR) is 146 cm³/mol. The number of rotatable bonds is 7. The van der Waals surface area contributed by atoms with E-state index in [4.69, 9.17) is 0 Å². The van der Waals surface area contributed by atoms with E-state index >= 15 is 0 Å². The van der Waals surface area contributed by atoms with E-state index in [0.29, 0.717) is 11.8 Å². The summed E-state index contributed by atoms with van der Waals surface area (Å²) >= 11 is 0. The molecule has 7 rings (SSSR count). The minimum atomic E-state index is -0.628. The highest BCUT2D eigenvalue weighted by molar-refractivity contribution is 5.93. The summed E-state index contributed by atoms with van der Waals surface area (Å²) in [7, 11) is 0. The van der Waals surface area contributed by atoms with Gasteiger partial charge in [-0.3, -0.25) is 0 Å². The largest absolute Gasteiger partial charge is 0.478 e. The molecule has 6 aliphatic rings. The van der Waals surface area contributed by atoms with Gasteiger partial charge < -0.3 is 5.11 Å². The van der Waals surface area contributed by atoms with Crippen LogP contribution in [-0.4, -0.2) is 11.1 Å². The van der Waals surface area contributed by atoms with Crippen molar-refractivity contribution in [3.63, 3.8) is 0 Å².